The number of fused-ring (bicyclic) bond motifs is 1. The Hall–Kier alpha value is -3.28. The van der Waals surface area contributed by atoms with E-state index in [1.54, 1.807) is 16.8 Å². The highest BCUT2D eigenvalue weighted by atomic mass is 16.5. The molecular formula is C18H18N8O. The molecule has 5 rings (SSSR count). The zero-order valence-electron chi connectivity index (χ0n) is 14.7. The summed E-state index contributed by atoms with van der Waals surface area (Å²) in [6.45, 7) is 2.23. The number of ether oxygens (including phenoxy) is 1. The lowest BCUT2D eigenvalue weighted by atomic mass is 10.1. The zero-order chi connectivity index (χ0) is 18.2. The molecule has 3 aromatic heterocycles. The van der Waals surface area contributed by atoms with Gasteiger partial charge < -0.3 is 9.64 Å². The van der Waals surface area contributed by atoms with Crippen LogP contribution in [0.15, 0.2) is 24.4 Å². The van der Waals surface area contributed by atoms with Crippen LogP contribution in [0.1, 0.15) is 36.7 Å². The van der Waals surface area contributed by atoms with Crippen LogP contribution in [0.3, 0.4) is 0 Å². The topological polar surface area (TPSA) is 105 Å². The van der Waals surface area contributed by atoms with Gasteiger partial charge in [-0.05, 0) is 31.4 Å². The van der Waals surface area contributed by atoms with Crippen LogP contribution in [0, 0.1) is 17.2 Å². The molecule has 1 aliphatic carbocycles. The van der Waals surface area contributed by atoms with Crippen LogP contribution in [0.4, 0.5) is 5.95 Å². The lowest BCUT2D eigenvalue weighted by molar-refractivity contribution is 0.248. The quantitative estimate of drug-likeness (QED) is 0.673. The third kappa shape index (κ3) is 3.14. The standard InChI is InChI=1S/C18H18N8O/c19-9-14-5-7-20-18(21-14)25-8-6-12(10-25)11-27-16-4-3-15-22-23-17(13-1-2-13)26(15)24-16/h3-5,7,12-13H,1-2,6,8,10-11H2. The summed E-state index contributed by atoms with van der Waals surface area (Å²) in [4.78, 5) is 10.6. The van der Waals surface area contributed by atoms with Crippen molar-refractivity contribution in [1.29, 1.82) is 5.26 Å². The zero-order valence-corrected chi connectivity index (χ0v) is 14.7. The maximum Gasteiger partial charge on any atom is 0.231 e. The van der Waals surface area contributed by atoms with E-state index in [1.165, 1.54) is 0 Å². The van der Waals surface area contributed by atoms with Crippen LogP contribution in [0.25, 0.3) is 5.65 Å². The van der Waals surface area contributed by atoms with Crippen LogP contribution < -0.4 is 9.64 Å². The lowest BCUT2D eigenvalue weighted by Gasteiger charge is -2.16. The highest BCUT2D eigenvalue weighted by Crippen LogP contribution is 2.38. The summed E-state index contributed by atoms with van der Waals surface area (Å²) in [5.74, 6) is 2.97. The average Bonchev–Trinajstić information content (AvgIpc) is 3.29. The Morgan fingerprint density at radius 2 is 2.11 bits per heavy atom. The molecule has 0 spiro atoms. The van der Waals surface area contributed by atoms with Gasteiger partial charge in [0, 0.05) is 37.2 Å². The first kappa shape index (κ1) is 15.9. The summed E-state index contributed by atoms with van der Waals surface area (Å²) in [6.07, 6.45) is 4.92. The molecule has 3 aromatic rings. The largest absolute Gasteiger partial charge is 0.476 e. The second kappa shape index (κ2) is 6.46. The predicted octanol–water partition coefficient (Wildman–Crippen LogP) is 1.57. The first-order chi connectivity index (χ1) is 13.3. The minimum absolute atomic E-state index is 0.362. The second-order valence-electron chi connectivity index (χ2n) is 7.04. The fourth-order valence-electron chi connectivity index (χ4n) is 3.38. The second-order valence-corrected chi connectivity index (χ2v) is 7.04. The molecule has 2 fully saturated rings. The summed E-state index contributed by atoms with van der Waals surface area (Å²) < 4.78 is 7.75. The van der Waals surface area contributed by atoms with Gasteiger partial charge in [0.2, 0.25) is 11.8 Å². The van der Waals surface area contributed by atoms with Crippen molar-refractivity contribution in [2.75, 3.05) is 24.6 Å². The number of anilines is 1. The van der Waals surface area contributed by atoms with Crippen molar-refractivity contribution >= 4 is 11.6 Å². The number of hydrogen-bond donors (Lipinski definition) is 0. The molecule has 0 N–H and O–H groups in total. The van der Waals surface area contributed by atoms with E-state index in [-0.39, 0.29) is 0 Å². The van der Waals surface area contributed by atoms with E-state index < -0.39 is 0 Å². The minimum atomic E-state index is 0.362. The molecule has 1 atom stereocenters. The van der Waals surface area contributed by atoms with Gasteiger partial charge in [-0.15, -0.1) is 15.3 Å². The maximum absolute atomic E-state index is 8.99. The third-order valence-corrected chi connectivity index (χ3v) is 5.00. The molecule has 2 aliphatic rings. The number of hydrogen-bond acceptors (Lipinski definition) is 8. The molecule has 0 radical (unpaired) electrons. The Morgan fingerprint density at radius 3 is 2.96 bits per heavy atom. The summed E-state index contributed by atoms with van der Waals surface area (Å²) in [5.41, 5.74) is 1.14. The minimum Gasteiger partial charge on any atom is -0.476 e. The van der Waals surface area contributed by atoms with Crippen molar-refractivity contribution in [3.05, 3.63) is 35.9 Å². The highest BCUT2D eigenvalue weighted by molar-refractivity contribution is 5.38. The van der Waals surface area contributed by atoms with Gasteiger partial charge in [-0.3, -0.25) is 0 Å². The normalized spacial score (nSPS) is 19.4. The van der Waals surface area contributed by atoms with Gasteiger partial charge in [0.05, 0.1) is 6.61 Å². The highest BCUT2D eigenvalue weighted by Gasteiger charge is 2.29. The molecule has 27 heavy (non-hydrogen) atoms. The molecule has 9 heteroatoms. The molecule has 1 saturated carbocycles. The van der Waals surface area contributed by atoms with Crippen LogP contribution in [-0.4, -0.2) is 49.5 Å². The van der Waals surface area contributed by atoms with Crippen molar-refractivity contribution in [1.82, 2.24) is 29.8 Å². The van der Waals surface area contributed by atoms with E-state index in [4.69, 9.17) is 10.00 Å². The predicted molar refractivity (Wildman–Crippen MR) is 95.3 cm³/mol. The van der Waals surface area contributed by atoms with Gasteiger partial charge in [0.15, 0.2) is 11.5 Å². The van der Waals surface area contributed by atoms with Crippen molar-refractivity contribution in [2.45, 2.75) is 25.2 Å². The van der Waals surface area contributed by atoms with E-state index in [2.05, 4.69) is 36.2 Å². The summed E-state index contributed by atoms with van der Waals surface area (Å²) in [7, 11) is 0. The first-order valence-electron chi connectivity index (χ1n) is 9.13. The van der Waals surface area contributed by atoms with Crippen LogP contribution in [0.5, 0.6) is 5.88 Å². The van der Waals surface area contributed by atoms with Crippen molar-refractivity contribution in [3.8, 4) is 11.9 Å². The van der Waals surface area contributed by atoms with Crippen LogP contribution in [0.2, 0.25) is 0 Å². The molecule has 0 aromatic carbocycles. The maximum atomic E-state index is 8.99. The Kier molecular flexibility index (Phi) is 3.81. The van der Waals surface area contributed by atoms with Gasteiger partial charge in [-0.1, -0.05) is 0 Å². The van der Waals surface area contributed by atoms with Crippen molar-refractivity contribution in [3.63, 3.8) is 0 Å². The summed E-state index contributed by atoms with van der Waals surface area (Å²) in [6, 6.07) is 7.40. The molecule has 1 unspecified atom stereocenters. The van der Waals surface area contributed by atoms with E-state index in [0.29, 0.717) is 36.0 Å². The van der Waals surface area contributed by atoms with Gasteiger partial charge in [0.25, 0.3) is 0 Å². The Balaban J connectivity index is 1.24. The Labute approximate surface area is 155 Å². The first-order valence-corrected chi connectivity index (χ1v) is 9.13. The van der Waals surface area contributed by atoms with E-state index in [0.717, 1.165) is 43.8 Å². The van der Waals surface area contributed by atoms with E-state index in [1.807, 2.05) is 12.1 Å². The number of nitriles is 1. The van der Waals surface area contributed by atoms with Gasteiger partial charge in [-0.2, -0.15) is 9.78 Å². The van der Waals surface area contributed by atoms with Crippen LogP contribution >= 0.6 is 0 Å². The van der Waals surface area contributed by atoms with Crippen molar-refractivity contribution in [2.24, 2.45) is 5.92 Å². The molecule has 1 saturated heterocycles. The molecule has 0 bridgehead atoms. The number of aromatic nitrogens is 6. The number of nitrogens with zero attached hydrogens (tertiary/aromatic N) is 8. The number of rotatable bonds is 5. The fraction of sp³-hybridized carbons (Fsp3) is 0.444. The van der Waals surface area contributed by atoms with Crippen molar-refractivity contribution < 1.29 is 4.74 Å². The smallest absolute Gasteiger partial charge is 0.231 e. The molecule has 4 heterocycles. The van der Waals surface area contributed by atoms with E-state index >= 15 is 0 Å². The summed E-state index contributed by atoms with van der Waals surface area (Å²) >= 11 is 0. The Morgan fingerprint density at radius 1 is 1.19 bits per heavy atom. The molecule has 136 valence electrons. The molecule has 0 amide bonds. The SMILES string of the molecule is N#Cc1ccnc(N2CCC(COc3ccc4nnc(C5CC5)n4n3)C2)n1. The lowest BCUT2D eigenvalue weighted by Crippen LogP contribution is -2.24. The van der Waals surface area contributed by atoms with E-state index in [9.17, 15) is 0 Å². The monoisotopic (exact) mass is 362 g/mol. The van der Waals surface area contributed by atoms with Gasteiger partial charge >= 0.3 is 0 Å². The summed E-state index contributed by atoms with van der Waals surface area (Å²) in [5, 5.41) is 22.0. The third-order valence-electron chi connectivity index (χ3n) is 5.00. The molecular weight excluding hydrogens is 344 g/mol. The fourth-order valence-corrected chi connectivity index (χ4v) is 3.38. The van der Waals surface area contributed by atoms with Gasteiger partial charge in [-0.25, -0.2) is 9.97 Å². The molecule has 1 aliphatic heterocycles. The van der Waals surface area contributed by atoms with Crippen LogP contribution in [-0.2, 0) is 0 Å². The van der Waals surface area contributed by atoms with Gasteiger partial charge in [0.1, 0.15) is 11.8 Å². The molecule has 9 nitrogen and oxygen atoms in total. The Bertz CT molecular complexity index is 1020. The average molecular weight is 362 g/mol.